The molecular formula is C18H25ClN2. The van der Waals surface area contributed by atoms with Gasteiger partial charge in [-0.25, -0.2) is 0 Å². The number of fused-ring (bicyclic) bond motifs is 1. The lowest BCUT2D eigenvalue weighted by molar-refractivity contribution is 0.465. The minimum Gasteiger partial charge on any atom is -0.347 e. The Hall–Kier alpha value is -0.990. The van der Waals surface area contributed by atoms with E-state index in [0.29, 0.717) is 6.04 Å². The van der Waals surface area contributed by atoms with Crippen LogP contribution >= 0.6 is 11.6 Å². The second kappa shape index (κ2) is 6.41. The average Bonchev–Trinajstić information content (AvgIpc) is 3.05. The molecule has 114 valence electrons. The summed E-state index contributed by atoms with van der Waals surface area (Å²) >= 11 is 6.22. The van der Waals surface area contributed by atoms with E-state index < -0.39 is 0 Å². The highest BCUT2D eigenvalue weighted by Gasteiger charge is 2.17. The van der Waals surface area contributed by atoms with Crippen LogP contribution in [0.2, 0.25) is 5.02 Å². The lowest BCUT2D eigenvalue weighted by atomic mass is 10.1. The van der Waals surface area contributed by atoms with E-state index in [0.717, 1.165) is 24.0 Å². The molecule has 21 heavy (non-hydrogen) atoms. The molecule has 0 unspecified atom stereocenters. The van der Waals surface area contributed by atoms with Crippen LogP contribution in [0.3, 0.4) is 0 Å². The smallest absolute Gasteiger partial charge is 0.0498 e. The summed E-state index contributed by atoms with van der Waals surface area (Å²) in [6, 6.07) is 6.79. The van der Waals surface area contributed by atoms with E-state index in [4.69, 9.17) is 11.6 Å². The van der Waals surface area contributed by atoms with Gasteiger partial charge in [-0.1, -0.05) is 44.4 Å². The molecule has 1 heterocycles. The van der Waals surface area contributed by atoms with E-state index in [2.05, 4.69) is 42.1 Å². The van der Waals surface area contributed by atoms with Crippen LogP contribution in [0.15, 0.2) is 24.4 Å². The minimum absolute atomic E-state index is 0.505. The van der Waals surface area contributed by atoms with Crippen LogP contribution in [0, 0.1) is 5.92 Å². The van der Waals surface area contributed by atoms with Gasteiger partial charge in [0, 0.05) is 41.3 Å². The zero-order valence-electron chi connectivity index (χ0n) is 13.0. The fraction of sp³-hybridized carbons (Fsp3) is 0.556. The van der Waals surface area contributed by atoms with Crippen LogP contribution in [-0.4, -0.2) is 10.6 Å². The summed E-state index contributed by atoms with van der Waals surface area (Å²) in [5, 5.41) is 5.70. The number of hydrogen-bond acceptors (Lipinski definition) is 1. The summed E-state index contributed by atoms with van der Waals surface area (Å²) in [5.41, 5.74) is 2.67. The van der Waals surface area contributed by atoms with Crippen LogP contribution in [0.5, 0.6) is 0 Å². The molecule has 1 aliphatic carbocycles. The summed E-state index contributed by atoms with van der Waals surface area (Å²) < 4.78 is 2.43. The molecule has 0 amide bonds. The Morgan fingerprint density at radius 1 is 1.29 bits per heavy atom. The molecule has 0 saturated heterocycles. The van der Waals surface area contributed by atoms with Gasteiger partial charge >= 0.3 is 0 Å². The van der Waals surface area contributed by atoms with Crippen molar-refractivity contribution in [3.63, 3.8) is 0 Å². The molecule has 1 aromatic heterocycles. The average molecular weight is 305 g/mol. The van der Waals surface area contributed by atoms with Crippen LogP contribution < -0.4 is 5.32 Å². The molecule has 1 N–H and O–H groups in total. The first kappa shape index (κ1) is 14.9. The molecule has 0 spiro atoms. The van der Waals surface area contributed by atoms with E-state index in [1.165, 1.54) is 42.1 Å². The van der Waals surface area contributed by atoms with E-state index in [9.17, 15) is 0 Å². The molecule has 3 rings (SSSR count). The van der Waals surface area contributed by atoms with Gasteiger partial charge in [0.15, 0.2) is 0 Å². The molecule has 0 bridgehead atoms. The molecule has 1 saturated carbocycles. The Morgan fingerprint density at radius 3 is 2.76 bits per heavy atom. The van der Waals surface area contributed by atoms with E-state index >= 15 is 0 Å². The first-order chi connectivity index (χ1) is 10.1. The number of hydrogen-bond donors (Lipinski definition) is 1. The maximum Gasteiger partial charge on any atom is 0.0498 e. The highest BCUT2D eigenvalue weighted by Crippen LogP contribution is 2.30. The van der Waals surface area contributed by atoms with Gasteiger partial charge < -0.3 is 9.88 Å². The summed E-state index contributed by atoms with van der Waals surface area (Å²) in [6.45, 7) is 6.44. The predicted octanol–water partition coefficient (Wildman–Crippen LogP) is 4.98. The summed E-state index contributed by atoms with van der Waals surface area (Å²) in [5.74, 6) is 0.838. The van der Waals surface area contributed by atoms with Gasteiger partial charge in [0.2, 0.25) is 0 Å². The second-order valence-corrected chi connectivity index (χ2v) is 7.09. The van der Waals surface area contributed by atoms with E-state index in [1.54, 1.807) is 0 Å². The van der Waals surface area contributed by atoms with Crippen molar-refractivity contribution in [2.24, 2.45) is 5.92 Å². The largest absolute Gasteiger partial charge is 0.347 e. The number of benzene rings is 1. The topological polar surface area (TPSA) is 17.0 Å². The van der Waals surface area contributed by atoms with Crippen LogP contribution in [0.25, 0.3) is 10.9 Å². The predicted molar refractivity (Wildman–Crippen MR) is 90.9 cm³/mol. The quantitative estimate of drug-likeness (QED) is 0.824. The monoisotopic (exact) mass is 304 g/mol. The van der Waals surface area contributed by atoms with Crippen LogP contribution in [0.4, 0.5) is 0 Å². The summed E-state index contributed by atoms with van der Waals surface area (Å²) in [7, 11) is 0. The fourth-order valence-electron chi connectivity index (χ4n) is 3.42. The standard InChI is InChI=1S/C18H25ClN2/c1-13(2)20-10-15-12-21(11-14-5-3-4-6-14)18-9-16(19)7-8-17(15)18/h7-9,12-14,20H,3-6,10-11H2,1-2H3. The second-order valence-electron chi connectivity index (χ2n) is 6.65. The number of halogens is 1. The van der Waals surface area contributed by atoms with Gasteiger partial charge in [0.25, 0.3) is 0 Å². The van der Waals surface area contributed by atoms with Crippen molar-refractivity contribution in [3.8, 4) is 0 Å². The van der Waals surface area contributed by atoms with Gasteiger partial charge in [-0.3, -0.25) is 0 Å². The van der Waals surface area contributed by atoms with Crippen LogP contribution in [0.1, 0.15) is 45.1 Å². The molecule has 2 aromatic rings. The third kappa shape index (κ3) is 3.44. The minimum atomic E-state index is 0.505. The van der Waals surface area contributed by atoms with Gasteiger partial charge in [-0.15, -0.1) is 0 Å². The Labute approximate surface area is 132 Å². The SMILES string of the molecule is CC(C)NCc1cn(CC2CCCC2)c2cc(Cl)ccc12. The molecule has 0 radical (unpaired) electrons. The highest BCUT2D eigenvalue weighted by molar-refractivity contribution is 6.31. The molecular weight excluding hydrogens is 280 g/mol. The normalized spacial score (nSPS) is 16.4. The van der Waals surface area contributed by atoms with Gasteiger partial charge in [0.1, 0.15) is 0 Å². The van der Waals surface area contributed by atoms with Gasteiger partial charge in [-0.05, 0) is 36.5 Å². The number of aromatic nitrogens is 1. The molecule has 0 aliphatic heterocycles. The Kier molecular flexibility index (Phi) is 4.56. The molecule has 1 aromatic carbocycles. The first-order valence-corrected chi connectivity index (χ1v) is 8.52. The fourth-order valence-corrected chi connectivity index (χ4v) is 3.58. The zero-order chi connectivity index (χ0) is 14.8. The lowest BCUT2D eigenvalue weighted by Gasteiger charge is -2.11. The van der Waals surface area contributed by atoms with Crippen LogP contribution in [-0.2, 0) is 13.1 Å². The Morgan fingerprint density at radius 2 is 2.05 bits per heavy atom. The number of nitrogens with zero attached hydrogens (tertiary/aromatic N) is 1. The molecule has 3 heteroatoms. The number of nitrogens with one attached hydrogen (secondary N) is 1. The van der Waals surface area contributed by atoms with Gasteiger partial charge in [0.05, 0.1) is 0 Å². The van der Waals surface area contributed by atoms with Crippen molar-refractivity contribution in [1.82, 2.24) is 9.88 Å². The van der Waals surface area contributed by atoms with E-state index in [1.807, 2.05) is 6.07 Å². The number of rotatable bonds is 5. The third-order valence-electron chi connectivity index (χ3n) is 4.56. The third-order valence-corrected chi connectivity index (χ3v) is 4.79. The first-order valence-electron chi connectivity index (χ1n) is 8.14. The molecule has 0 atom stereocenters. The van der Waals surface area contributed by atoms with Crippen molar-refractivity contribution in [2.45, 2.75) is 58.7 Å². The van der Waals surface area contributed by atoms with Crippen molar-refractivity contribution in [2.75, 3.05) is 0 Å². The molecule has 1 aliphatic rings. The Bertz CT molecular complexity index is 609. The van der Waals surface area contributed by atoms with Crippen molar-refractivity contribution in [1.29, 1.82) is 0 Å². The maximum atomic E-state index is 6.22. The molecule has 2 nitrogen and oxygen atoms in total. The maximum absolute atomic E-state index is 6.22. The lowest BCUT2D eigenvalue weighted by Crippen LogP contribution is -2.21. The molecule has 1 fully saturated rings. The summed E-state index contributed by atoms with van der Waals surface area (Å²) in [6.07, 6.45) is 7.87. The van der Waals surface area contributed by atoms with E-state index in [-0.39, 0.29) is 0 Å². The van der Waals surface area contributed by atoms with Crippen molar-refractivity contribution >= 4 is 22.5 Å². The zero-order valence-corrected chi connectivity index (χ0v) is 13.8. The Balaban J connectivity index is 1.91. The van der Waals surface area contributed by atoms with Crippen molar-refractivity contribution < 1.29 is 0 Å². The highest BCUT2D eigenvalue weighted by atomic mass is 35.5. The summed E-state index contributed by atoms with van der Waals surface area (Å²) in [4.78, 5) is 0. The van der Waals surface area contributed by atoms with Crippen molar-refractivity contribution in [3.05, 3.63) is 35.0 Å². The van der Waals surface area contributed by atoms with Gasteiger partial charge in [-0.2, -0.15) is 0 Å².